The Morgan fingerprint density at radius 2 is 1.22 bits per heavy atom. The number of piperazine rings is 1. The topological polar surface area (TPSA) is 287 Å². The van der Waals surface area contributed by atoms with Gasteiger partial charge in [0, 0.05) is 65.6 Å². The molecule has 5 atom stereocenters. The summed E-state index contributed by atoms with van der Waals surface area (Å²) in [6.07, 6.45) is 1.46. The van der Waals surface area contributed by atoms with Crippen molar-refractivity contribution in [2.75, 3.05) is 87.9 Å². The number of aromatic hydroxyl groups is 1. The molecule has 107 heavy (non-hydrogen) atoms. The number of esters is 2. The van der Waals surface area contributed by atoms with Crippen LogP contribution in [0.5, 0.6) is 23.0 Å². The van der Waals surface area contributed by atoms with Gasteiger partial charge in [0.25, 0.3) is 11.8 Å². The molecule has 7 amide bonds. The number of amides is 7. The van der Waals surface area contributed by atoms with Gasteiger partial charge in [-0.3, -0.25) is 33.6 Å². The largest absolute Gasteiger partial charge is 0.508 e. The third-order valence-electron chi connectivity index (χ3n) is 19.5. The average Bonchev–Trinajstić information content (AvgIpc) is 1.58. The van der Waals surface area contributed by atoms with E-state index in [2.05, 4.69) is 10.6 Å². The van der Waals surface area contributed by atoms with Crippen molar-refractivity contribution in [2.24, 2.45) is 5.41 Å². The van der Waals surface area contributed by atoms with Crippen LogP contribution in [0.15, 0.2) is 188 Å². The molecule has 2 heterocycles. The predicted octanol–water partition coefficient (Wildman–Crippen LogP) is 8.40. The molecule has 0 aromatic heterocycles. The molecule has 0 spiro atoms. The molecular formula is C83H91N7O17. The van der Waals surface area contributed by atoms with Gasteiger partial charge in [0.2, 0.25) is 29.4 Å². The maximum absolute atomic E-state index is 15.4. The number of carbonyl (C=O) groups is 10. The lowest BCUT2D eigenvalue weighted by Crippen LogP contribution is -2.62. The Morgan fingerprint density at radius 1 is 0.617 bits per heavy atom. The van der Waals surface area contributed by atoms with Gasteiger partial charge in [0.1, 0.15) is 55.0 Å². The monoisotopic (exact) mass is 1460 g/mol. The second-order valence-electron chi connectivity index (χ2n) is 27.5. The second-order valence-corrected chi connectivity index (χ2v) is 27.5. The number of carbonyl (C=O) groups excluding carboxylic acids is 10. The third-order valence-corrected chi connectivity index (χ3v) is 19.5. The summed E-state index contributed by atoms with van der Waals surface area (Å²) in [7, 11) is 7.38. The number of likely N-dealkylation sites (N-methyl/N-ethyl adjacent to an activating group) is 3. The van der Waals surface area contributed by atoms with Crippen LogP contribution in [0, 0.1) is 5.41 Å². The maximum Gasteiger partial charge on any atom is 0.409 e. The van der Waals surface area contributed by atoms with E-state index in [0.29, 0.717) is 22.6 Å². The lowest BCUT2D eigenvalue weighted by atomic mass is 9.87. The summed E-state index contributed by atoms with van der Waals surface area (Å²) < 4.78 is 35.6. The summed E-state index contributed by atoms with van der Waals surface area (Å²) in [5.41, 5.74) is 5.55. The first-order valence-electron chi connectivity index (χ1n) is 35.6. The zero-order chi connectivity index (χ0) is 76.3. The van der Waals surface area contributed by atoms with E-state index in [9.17, 15) is 43.5 Å². The smallest absolute Gasteiger partial charge is 0.409 e. The fourth-order valence-corrected chi connectivity index (χ4v) is 13.4. The van der Waals surface area contributed by atoms with Crippen LogP contribution in [0.1, 0.15) is 84.1 Å². The summed E-state index contributed by atoms with van der Waals surface area (Å²) in [5.74, 6) is -6.40. The van der Waals surface area contributed by atoms with Crippen LogP contribution in [0.25, 0.3) is 11.1 Å². The molecule has 24 heteroatoms. The zero-order valence-corrected chi connectivity index (χ0v) is 61.2. The third kappa shape index (κ3) is 20.2. The average molecular weight is 1460 g/mol. The molecule has 0 saturated carbocycles. The number of methoxy groups -OCH3 is 2. The van der Waals surface area contributed by atoms with Crippen molar-refractivity contribution in [3.05, 3.63) is 227 Å². The molecule has 1 aliphatic carbocycles. The van der Waals surface area contributed by atoms with Gasteiger partial charge >= 0.3 is 18.0 Å². The summed E-state index contributed by atoms with van der Waals surface area (Å²) in [6.45, 7) is 0.170. The molecule has 3 aliphatic rings. The molecule has 7 aromatic rings. The molecule has 2 aliphatic heterocycles. The summed E-state index contributed by atoms with van der Waals surface area (Å²) in [4.78, 5) is 152. The minimum atomic E-state index is -1.67. The first-order chi connectivity index (χ1) is 51.5. The van der Waals surface area contributed by atoms with Crippen molar-refractivity contribution in [1.82, 2.24) is 35.1 Å². The van der Waals surface area contributed by atoms with Gasteiger partial charge in [-0.05, 0) is 132 Å². The SMILES string of the molecule is COc1ccc(CC[C@H]2OC(=O)[C@@H]3CN(C(=O)OCC4c5ccccc5-c5ccccc54)CCN3C(=O)C(=O)C(C)(C)COC(=O)C=CCCN(C)C(=O)[C@@H](Cc3ccccc3)NC(=O)CN(C)C(=O)[C@@H](Cc3ccccc3)NC(=O)[C@H](CCc3ccc(O)cc3)N(C)C(=O)COc3cccc2c3)cc1OC. The van der Waals surface area contributed by atoms with E-state index in [4.69, 9.17) is 28.4 Å². The minimum absolute atomic E-state index is 0.0225. The number of benzene rings is 7. The number of ether oxygens (including phenoxy) is 6. The number of aryl methyl sites for hydroxylation is 2. The van der Waals surface area contributed by atoms with Gasteiger partial charge < -0.3 is 68.7 Å². The number of fused-ring (bicyclic) bond motifs is 6. The summed E-state index contributed by atoms with van der Waals surface area (Å²) in [5, 5.41) is 15.9. The number of ketones is 1. The number of phenols is 1. The van der Waals surface area contributed by atoms with Crippen molar-refractivity contribution in [3.8, 4) is 34.1 Å². The highest BCUT2D eigenvalue weighted by molar-refractivity contribution is 6.38. The van der Waals surface area contributed by atoms with Crippen LogP contribution in [0.4, 0.5) is 4.79 Å². The fourth-order valence-electron chi connectivity index (χ4n) is 13.4. The van der Waals surface area contributed by atoms with Gasteiger partial charge in [-0.2, -0.15) is 0 Å². The second kappa shape index (κ2) is 36.3. The Labute approximate surface area is 622 Å². The molecule has 2 bridgehead atoms. The van der Waals surface area contributed by atoms with Crippen molar-refractivity contribution in [3.63, 3.8) is 0 Å². The Kier molecular flexibility index (Phi) is 26.4. The van der Waals surface area contributed by atoms with Crippen LogP contribution in [0.3, 0.4) is 0 Å². The van der Waals surface area contributed by atoms with Crippen molar-refractivity contribution in [1.29, 1.82) is 0 Å². The van der Waals surface area contributed by atoms with E-state index in [1.54, 1.807) is 103 Å². The molecule has 3 N–H and O–H groups in total. The zero-order valence-electron chi connectivity index (χ0n) is 61.2. The van der Waals surface area contributed by atoms with Crippen molar-refractivity contribution < 1.29 is 81.5 Å². The predicted molar refractivity (Wildman–Crippen MR) is 397 cm³/mol. The van der Waals surface area contributed by atoms with E-state index in [1.165, 1.54) is 82.1 Å². The number of cyclic esters (lactones) is 2. The first-order valence-corrected chi connectivity index (χ1v) is 35.6. The van der Waals surface area contributed by atoms with Gasteiger partial charge in [-0.1, -0.05) is 146 Å². The minimum Gasteiger partial charge on any atom is -0.508 e. The molecule has 10 rings (SSSR count). The highest BCUT2D eigenvalue weighted by atomic mass is 16.6. The molecule has 1 saturated heterocycles. The standard InChI is InChI=1S/C83H91N7O17/c1-83(2)53-106-75(94)31-18-19-42-86(3)78(97)66(45-55-21-10-8-11-22-55)84-73(92)50-87(4)79(98)67(46-56-23-12-9-13-24-56)85-77(96)68(39-34-54-32-37-59(91)38-33-54)88(5)74(93)52-104-60-26-20-25-58(48-60)70(40-35-57-36-41-71(102-6)72(47-57)103-7)107-81(100)69-49-89(43-44-90(69)80(99)76(83)95)82(101)105-51-65-63-29-16-14-27-61(63)62-28-15-17-30-64(62)65/h8-18,20-33,36-38,41,47-48,65-70,91H,19,34-35,39-40,42-46,49-53H2,1-7H3,(H,84,92)(H,85,96)/t66-,67-,68+,69+,70-/m1/s1. The lowest BCUT2D eigenvalue weighted by Gasteiger charge is -2.40. The lowest BCUT2D eigenvalue weighted by molar-refractivity contribution is -0.166. The highest BCUT2D eigenvalue weighted by Gasteiger charge is 2.46. The Morgan fingerprint density at radius 3 is 1.88 bits per heavy atom. The number of rotatable bonds is 14. The molecule has 1 fully saturated rings. The molecular weight excluding hydrogens is 1370 g/mol. The van der Waals surface area contributed by atoms with Crippen LogP contribution in [-0.4, -0.2) is 201 Å². The molecule has 560 valence electrons. The van der Waals surface area contributed by atoms with E-state index in [0.717, 1.165) is 54.8 Å². The maximum atomic E-state index is 15.4. The van der Waals surface area contributed by atoms with Crippen LogP contribution in [0.2, 0.25) is 0 Å². The Hall–Kier alpha value is -11.8. The molecule has 24 nitrogen and oxygen atoms in total. The quantitative estimate of drug-likeness (QED) is 0.0523. The molecule has 0 radical (unpaired) electrons. The molecule has 0 unspecified atom stereocenters. The van der Waals surface area contributed by atoms with E-state index < -0.39 is 121 Å². The number of hydrogen-bond acceptors (Lipinski definition) is 17. The summed E-state index contributed by atoms with van der Waals surface area (Å²) >= 11 is 0. The number of nitrogens with one attached hydrogen (secondary N) is 2. The normalized spacial score (nSPS) is 19.9. The first kappa shape index (κ1) is 77.8. The number of nitrogens with zero attached hydrogens (tertiary/aromatic N) is 5. The summed E-state index contributed by atoms with van der Waals surface area (Å²) in [6, 6.07) is 46.5. The number of hydrogen-bond donors (Lipinski definition) is 3. The van der Waals surface area contributed by atoms with Crippen molar-refractivity contribution >= 4 is 59.3 Å². The van der Waals surface area contributed by atoms with E-state index >= 15 is 9.59 Å². The van der Waals surface area contributed by atoms with Gasteiger partial charge in [-0.25, -0.2) is 14.4 Å². The number of phenolic OH excluding ortho intramolecular Hbond substituents is 1. The van der Waals surface area contributed by atoms with Crippen LogP contribution >= 0.6 is 0 Å². The van der Waals surface area contributed by atoms with Crippen LogP contribution in [-0.2, 0) is 83.0 Å². The van der Waals surface area contributed by atoms with E-state index in [-0.39, 0.29) is 88.6 Å². The highest BCUT2D eigenvalue weighted by Crippen LogP contribution is 2.45. The number of Topliss-reactive ketones (excluding diaryl/α,β-unsaturated/α-hetero) is 1. The Bertz CT molecular complexity index is 4330. The molecule has 7 aromatic carbocycles. The van der Waals surface area contributed by atoms with Crippen LogP contribution < -0.4 is 24.8 Å². The Balaban J connectivity index is 0.972. The van der Waals surface area contributed by atoms with E-state index in [1.807, 2.05) is 60.7 Å². The van der Waals surface area contributed by atoms with Gasteiger partial charge in [0.05, 0.1) is 32.7 Å². The van der Waals surface area contributed by atoms with Gasteiger partial charge in [0.15, 0.2) is 18.1 Å². The van der Waals surface area contributed by atoms with Gasteiger partial charge in [-0.15, -0.1) is 0 Å². The van der Waals surface area contributed by atoms with Crippen molar-refractivity contribution in [2.45, 2.75) is 95.0 Å². The fraction of sp³-hybridized carbons (Fsp3) is 0.349.